The van der Waals surface area contributed by atoms with Crippen molar-refractivity contribution in [1.29, 1.82) is 0 Å². The van der Waals surface area contributed by atoms with Crippen LogP contribution in [0, 0.1) is 5.92 Å². The second kappa shape index (κ2) is 8.99. The normalized spacial score (nSPS) is 19.2. The molecule has 1 saturated carbocycles. The number of nitrogens with one attached hydrogen (secondary N) is 2. The van der Waals surface area contributed by atoms with E-state index >= 15 is 0 Å². The molecule has 0 saturated heterocycles. The molecule has 10 nitrogen and oxygen atoms in total. The minimum absolute atomic E-state index is 0.0726. The number of amides is 2. The molecule has 2 amide bonds. The van der Waals surface area contributed by atoms with E-state index in [1.54, 1.807) is 11.5 Å². The molecule has 0 unspecified atom stereocenters. The molecule has 2 rings (SSSR count). The third-order valence-electron chi connectivity index (χ3n) is 4.11. The third-order valence-corrected chi connectivity index (χ3v) is 4.11. The quantitative estimate of drug-likeness (QED) is 0.219. The van der Waals surface area contributed by atoms with Gasteiger partial charge >= 0.3 is 17.8 Å². The van der Waals surface area contributed by atoms with Crippen LogP contribution in [0.15, 0.2) is 12.1 Å². The lowest BCUT2D eigenvalue weighted by Crippen LogP contribution is -2.39. The van der Waals surface area contributed by atoms with Crippen LogP contribution in [-0.4, -0.2) is 43.1 Å². The molecule has 142 valence electrons. The Bertz CT molecular complexity index is 673. The van der Waals surface area contributed by atoms with Crippen LogP contribution in [0.1, 0.15) is 25.7 Å². The van der Waals surface area contributed by atoms with Gasteiger partial charge in [0, 0.05) is 6.07 Å². The zero-order valence-electron chi connectivity index (χ0n) is 14.6. The van der Waals surface area contributed by atoms with Crippen molar-refractivity contribution in [2.75, 3.05) is 19.5 Å². The molecule has 10 heteroatoms. The van der Waals surface area contributed by atoms with E-state index in [2.05, 4.69) is 10.3 Å². The minimum atomic E-state index is -0.991. The predicted octanol–water partition coefficient (Wildman–Crippen LogP) is 0.129. The summed E-state index contributed by atoms with van der Waals surface area (Å²) < 4.78 is 15.7. The van der Waals surface area contributed by atoms with Gasteiger partial charge < -0.3 is 19.5 Å². The molecule has 1 aromatic heterocycles. The maximum absolute atomic E-state index is 11.6. The lowest BCUT2D eigenvalue weighted by molar-refractivity contribution is -0.147. The van der Waals surface area contributed by atoms with Gasteiger partial charge in [-0.3, -0.25) is 19.8 Å². The lowest BCUT2D eigenvalue weighted by atomic mass is 9.87. The van der Waals surface area contributed by atoms with Gasteiger partial charge in [-0.05, 0) is 31.7 Å². The largest absolute Gasteiger partial charge is 0.479 e. The average molecular weight is 366 g/mol. The summed E-state index contributed by atoms with van der Waals surface area (Å²) in [4.78, 5) is 38.5. The van der Waals surface area contributed by atoms with Crippen LogP contribution in [0.5, 0.6) is 11.8 Å². The number of hydrogen-bond donors (Lipinski definition) is 3. The number of carbonyl (C=O) groups excluding carboxylic acids is 3. The molecule has 4 N–H and O–H groups in total. The first-order valence-corrected chi connectivity index (χ1v) is 8.10. The molecule has 0 aliphatic heterocycles. The Labute approximate surface area is 150 Å². The van der Waals surface area contributed by atoms with E-state index in [0.717, 1.165) is 0 Å². The van der Waals surface area contributed by atoms with E-state index in [4.69, 9.17) is 20.1 Å². The first-order chi connectivity index (χ1) is 12.5. The van der Waals surface area contributed by atoms with Gasteiger partial charge in [0.05, 0.1) is 20.1 Å². The van der Waals surface area contributed by atoms with Crippen molar-refractivity contribution in [3.8, 4) is 11.8 Å². The molecule has 1 aliphatic rings. The van der Waals surface area contributed by atoms with E-state index in [1.807, 2.05) is 0 Å². The smallest absolute Gasteiger partial charge is 0.323 e. The molecule has 1 fully saturated rings. The summed E-state index contributed by atoms with van der Waals surface area (Å²) in [7, 11) is 2.77. The number of hydrogen-bond acceptors (Lipinski definition) is 8. The van der Waals surface area contributed by atoms with E-state index in [-0.39, 0.29) is 29.6 Å². The number of esters is 1. The number of rotatable bonds is 5. The third kappa shape index (κ3) is 4.82. The van der Waals surface area contributed by atoms with Gasteiger partial charge in [-0.1, -0.05) is 0 Å². The van der Waals surface area contributed by atoms with Crippen LogP contribution in [0.2, 0.25) is 0 Å². The average Bonchev–Trinajstić information content (AvgIpc) is 2.68. The number of methoxy groups -OCH3 is 2. The standard InChI is InChI=1S/C16H22N4O6/c1-24-15-11(18-13(21)14(22)20-17)7-8-12(19-15)26-10-5-3-9(4-6-10)16(23)25-2/h7-10H,3-6,17H2,1-2H3,(H,18,21)(H,20,22)/t9-,10-. The number of nitrogens with two attached hydrogens (primary N) is 1. The molecule has 1 aliphatic carbocycles. The Morgan fingerprint density at radius 1 is 1.12 bits per heavy atom. The second-order valence-electron chi connectivity index (χ2n) is 5.75. The molecule has 26 heavy (non-hydrogen) atoms. The van der Waals surface area contributed by atoms with Crippen LogP contribution in [0.4, 0.5) is 5.69 Å². The highest BCUT2D eigenvalue weighted by Crippen LogP contribution is 2.30. The van der Waals surface area contributed by atoms with Gasteiger partial charge in [-0.15, -0.1) is 0 Å². The summed E-state index contributed by atoms with van der Waals surface area (Å²) in [6.45, 7) is 0. The van der Waals surface area contributed by atoms with Crippen LogP contribution >= 0.6 is 0 Å². The molecular weight excluding hydrogens is 344 g/mol. The number of carbonyl (C=O) groups is 3. The van der Waals surface area contributed by atoms with Crippen molar-refractivity contribution in [3.63, 3.8) is 0 Å². The Kier molecular flexibility index (Phi) is 6.73. The molecule has 0 bridgehead atoms. The fourth-order valence-corrected chi connectivity index (χ4v) is 2.74. The van der Waals surface area contributed by atoms with Crippen molar-refractivity contribution in [3.05, 3.63) is 12.1 Å². The van der Waals surface area contributed by atoms with E-state index in [9.17, 15) is 14.4 Å². The molecule has 0 atom stereocenters. The molecule has 1 aromatic rings. The summed E-state index contributed by atoms with van der Waals surface area (Å²) in [5.41, 5.74) is 1.94. The molecular formula is C16H22N4O6. The highest BCUT2D eigenvalue weighted by molar-refractivity contribution is 6.39. The van der Waals surface area contributed by atoms with Crippen molar-refractivity contribution in [2.45, 2.75) is 31.8 Å². The van der Waals surface area contributed by atoms with Gasteiger partial charge in [0.1, 0.15) is 11.8 Å². The fraction of sp³-hybridized carbons (Fsp3) is 0.500. The number of nitrogens with zero attached hydrogens (tertiary/aromatic N) is 1. The second-order valence-corrected chi connectivity index (χ2v) is 5.75. The topological polar surface area (TPSA) is 142 Å². The minimum Gasteiger partial charge on any atom is -0.479 e. The van der Waals surface area contributed by atoms with E-state index < -0.39 is 11.8 Å². The van der Waals surface area contributed by atoms with Crippen molar-refractivity contribution >= 4 is 23.5 Å². The van der Waals surface area contributed by atoms with Gasteiger partial charge in [-0.2, -0.15) is 4.98 Å². The summed E-state index contributed by atoms with van der Waals surface area (Å²) in [6.07, 6.45) is 2.72. The highest BCUT2D eigenvalue weighted by Gasteiger charge is 2.28. The number of ether oxygens (including phenoxy) is 3. The Morgan fingerprint density at radius 3 is 2.38 bits per heavy atom. The fourth-order valence-electron chi connectivity index (χ4n) is 2.74. The Hall–Kier alpha value is -2.88. The number of aromatic nitrogens is 1. The molecule has 0 aromatic carbocycles. The van der Waals surface area contributed by atoms with Crippen molar-refractivity contribution < 1.29 is 28.6 Å². The summed E-state index contributed by atoms with van der Waals surface area (Å²) >= 11 is 0. The number of hydrazine groups is 1. The van der Waals surface area contributed by atoms with Gasteiger partial charge in [-0.25, -0.2) is 5.84 Å². The zero-order valence-corrected chi connectivity index (χ0v) is 14.6. The summed E-state index contributed by atoms with van der Waals surface area (Å²) in [6, 6.07) is 3.08. The number of pyridine rings is 1. The molecule has 0 spiro atoms. The van der Waals surface area contributed by atoms with Crippen LogP contribution < -0.4 is 26.1 Å². The summed E-state index contributed by atoms with van der Waals surface area (Å²) in [5.74, 6) is 3.12. The predicted molar refractivity (Wildman–Crippen MR) is 90.1 cm³/mol. The Morgan fingerprint density at radius 2 is 1.81 bits per heavy atom. The zero-order chi connectivity index (χ0) is 19.1. The first kappa shape index (κ1) is 19.4. The monoisotopic (exact) mass is 366 g/mol. The van der Waals surface area contributed by atoms with Crippen molar-refractivity contribution in [1.82, 2.24) is 10.4 Å². The van der Waals surface area contributed by atoms with Crippen LogP contribution in [0.3, 0.4) is 0 Å². The van der Waals surface area contributed by atoms with Crippen molar-refractivity contribution in [2.24, 2.45) is 11.8 Å². The van der Waals surface area contributed by atoms with Crippen LogP contribution in [0.25, 0.3) is 0 Å². The van der Waals surface area contributed by atoms with E-state index in [1.165, 1.54) is 20.3 Å². The first-order valence-electron chi connectivity index (χ1n) is 8.10. The molecule has 0 radical (unpaired) electrons. The molecule has 1 heterocycles. The Balaban J connectivity index is 1.98. The lowest BCUT2D eigenvalue weighted by Gasteiger charge is -2.27. The van der Waals surface area contributed by atoms with Gasteiger partial charge in [0.2, 0.25) is 11.8 Å². The van der Waals surface area contributed by atoms with Gasteiger partial charge in [0.15, 0.2) is 0 Å². The SMILES string of the molecule is COc1nc(O[C@H]2CC[C@H](C(=O)OC)CC2)ccc1NC(=O)C(=O)NN. The highest BCUT2D eigenvalue weighted by atomic mass is 16.5. The summed E-state index contributed by atoms with van der Waals surface area (Å²) in [5, 5.41) is 2.34. The van der Waals surface area contributed by atoms with Gasteiger partial charge in [0.25, 0.3) is 0 Å². The maximum atomic E-state index is 11.6. The van der Waals surface area contributed by atoms with E-state index in [0.29, 0.717) is 31.6 Å². The number of anilines is 1. The van der Waals surface area contributed by atoms with Crippen LogP contribution in [-0.2, 0) is 19.1 Å². The maximum Gasteiger partial charge on any atom is 0.323 e.